The number of likely N-dealkylation sites (tertiary alicyclic amines) is 1. The number of nitrogens with one attached hydrogen (secondary N) is 1. The van der Waals surface area contributed by atoms with Gasteiger partial charge in [0.1, 0.15) is 11.4 Å². The van der Waals surface area contributed by atoms with Gasteiger partial charge in [-0.2, -0.15) is 0 Å². The number of fused-ring (bicyclic) bond motifs is 3. The molecule has 2 saturated heterocycles. The van der Waals surface area contributed by atoms with Crippen LogP contribution in [0.2, 0.25) is 0 Å². The lowest BCUT2D eigenvalue weighted by Crippen LogP contribution is -2.51. The number of ether oxygens (including phenoxy) is 1. The minimum atomic E-state index is -0.714. The smallest absolute Gasteiger partial charge is 0.274 e. The molecule has 0 spiro atoms. The molecule has 0 aliphatic carbocycles. The molecule has 3 aliphatic heterocycles. The summed E-state index contributed by atoms with van der Waals surface area (Å²) in [5.74, 6) is -1.08. The van der Waals surface area contributed by atoms with E-state index in [1.165, 1.54) is 5.48 Å². The third-order valence-electron chi connectivity index (χ3n) is 5.74. The molecule has 2 atom stereocenters. The number of morpholine rings is 1. The summed E-state index contributed by atoms with van der Waals surface area (Å²) in [5.41, 5.74) is 2.67. The van der Waals surface area contributed by atoms with E-state index in [0.29, 0.717) is 38.2 Å². The van der Waals surface area contributed by atoms with E-state index < -0.39 is 11.7 Å². The van der Waals surface area contributed by atoms with Crippen LogP contribution in [0.25, 0.3) is 0 Å². The zero-order valence-electron chi connectivity index (χ0n) is 14.6. The van der Waals surface area contributed by atoms with Gasteiger partial charge >= 0.3 is 0 Å². The largest absolute Gasteiger partial charge is 0.370 e. The van der Waals surface area contributed by atoms with Gasteiger partial charge in [-0.15, -0.1) is 0 Å². The van der Waals surface area contributed by atoms with Crippen LogP contribution in [0.3, 0.4) is 0 Å². The van der Waals surface area contributed by atoms with Crippen LogP contribution in [0.15, 0.2) is 12.1 Å². The van der Waals surface area contributed by atoms with E-state index in [4.69, 9.17) is 9.94 Å². The molecule has 1 aromatic rings. The first-order valence-electron chi connectivity index (χ1n) is 8.80. The van der Waals surface area contributed by atoms with Crippen molar-refractivity contribution in [3.05, 3.63) is 34.6 Å². The molecule has 7 nitrogen and oxygen atoms in total. The number of hydrogen-bond acceptors (Lipinski definition) is 5. The van der Waals surface area contributed by atoms with Gasteiger partial charge in [0.2, 0.25) is 5.91 Å². The van der Waals surface area contributed by atoms with Gasteiger partial charge in [0.15, 0.2) is 0 Å². The summed E-state index contributed by atoms with van der Waals surface area (Å²) in [4.78, 5) is 27.3. The highest BCUT2D eigenvalue weighted by molar-refractivity contribution is 5.93. The normalized spacial score (nSPS) is 27.5. The average Bonchev–Trinajstić information content (AvgIpc) is 3.19. The Morgan fingerprint density at radius 1 is 1.46 bits per heavy atom. The lowest BCUT2D eigenvalue weighted by atomic mass is 9.94. The van der Waals surface area contributed by atoms with Gasteiger partial charge in [0, 0.05) is 44.1 Å². The molecule has 2 bridgehead atoms. The van der Waals surface area contributed by atoms with Crippen LogP contribution in [0.5, 0.6) is 0 Å². The second kappa shape index (κ2) is 6.29. The van der Waals surface area contributed by atoms with Crippen LogP contribution in [-0.4, -0.2) is 64.7 Å². The molecule has 0 radical (unpaired) electrons. The molecule has 0 aromatic heterocycles. The predicted octanol–water partition coefficient (Wildman–Crippen LogP) is 0.693. The molecule has 3 heterocycles. The number of halogens is 1. The average molecular weight is 363 g/mol. The van der Waals surface area contributed by atoms with E-state index in [2.05, 4.69) is 4.90 Å². The van der Waals surface area contributed by atoms with E-state index in [0.717, 1.165) is 24.6 Å². The minimum absolute atomic E-state index is 0.0740. The molecule has 2 fully saturated rings. The minimum Gasteiger partial charge on any atom is -0.370 e. The number of carbonyl (C=O) groups excluding carboxylic acids is 2. The van der Waals surface area contributed by atoms with Crippen molar-refractivity contribution in [2.75, 3.05) is 26.2 Å². The van der Waals surface area contributed by atoms with Crippen molar-refractivity contribution in [2.24, 2.45) is 0 Å². The van der Waals surface area contributed by atoms with Crippen molar-refractivity contribution in [3.8, 4) is 0 Å². The van der Waals surface area contributed by atoms with Crippen molar-refractivity contribution >= 4 is 11.8 Å². The highest BCUT2D eigenvalue weighted by atomic mass is 19.1. The maximum absolute atomic E-state index is 14.5. The van der Waals surface area contributed by atoms with Crippen LogP contribution in [0, 0.1) is 5.82 Å². The topological polar surface area (TPSA) is 82.1 Å². The Bertz CT molecular complexity index is 771. The highest BCUT2D eigenvalue weighted by Crippen LogP contribution is 2.39. The lowest BCUT2D eigenvalue weighted by molar-refractivity contribution is -0.137. The summed E-state index contributed by atoms with van der Waals surface area (Å²) in [6.45, 7) is 4.57. The quantitative estimate of drug-likeness (QED) is 0.610. The molecule has 2 amide bonds. The molecule has 0 unspecified atom stereocenters. The highest BCUT2D eigenvalue weighted by Gasteiger charge is 2.52. The Balaban J connectivity index is 1.49. The zero-order valence-corrected chi connectivity index (χ0v) is 14.6. The molecular formula is C18H22FN3O4. The second-order valence-electron chi connectivity index (χ2n) is 7.50. The number of hydroxylamine groups is 1. The molecular weight excluding hydrogens is 341 g/mol. The van der Waals surface area contributed by atoms with Gasteiger partial charge in [0.25, 0.3) is 5.91 Å². The van der Waals surface area contributed by atoms with E-state index in [9.17, 15) is 14.0 Å². The first-order valence-corrected chi connectivity index (χ1v) is 8.80. The van der Waals surface area contributed by atoms with Crippen LogP contribution >= 0.6 is 0 Å². The maximum Gasteiger partial charge on any atom is 0.274 e. The van der Waals surface area contributed by atoms with Gasteiger partial charge < -0.3 is 9.64 Å². The van der Waals surface area contributed by atoms with Crippen LogP contribution in [0.4, 0.5) is 4.39 Å². The molecule has 8 heteroatoms. The Kier molecular flexibility index (Phi) is 4.21. The Morgan fingerprint density at radius 3 is 2.96 bits per heavy atom. The third kappa shape index (κ3) is 2.87. The molecule has 26 heavy (non-hydrogen) atoms. The second-order valence-corrected chi connectivity index (χ2v) is 7.50. The van der Waals surface area contributed by atoms with Crippen LogP contribution < -0.4 is 5.48 Å². The Hall–Kier alpha value is -2.03. The van der Waals surface area contributed by atoms with Crippen molar-refractivity contribution in [2.45, 2.75) is 38.0 Å². The van der Waals surface area contributed by atoms with Gasteiger partial charge in [-0.3, -0.25) is 19.7 Å². The maximum atomic E-state index is 14.5. The van der Waals surface area contributed by atoms with Crippen LogP contribution in [0.1, 0.15) is 34.8 Å². The fourth-order valence-electron chi connectivity index (χ4n) is 4.51. The fourth-order valence-corrected chi connectivity index (χ4v) is 4.51. The van der Waals surface area contributed by atoms with E-state index in [1.54, 1.807) is 13.0 Å². The van der Waals surface area contributed by atoms with E-state index in [-0.39, 0.29) is 23.1 Å². The van der Waals surface area contributed by atoms with Crippen molar-refractivity contribution in [1.82, 2.24) is 15.3 Å². The lowest BCUT2D eigenvalue weighted by Gasteiger charge is -2.38. The molecule has 3 aliphatic rings. The van der Waals surface area contributed by atoms with Gasteiger partial charge in [-0.05, 0) is 24.1 Å². The number of benzene rings is 1. The molecule has 1 aromatic carbocycles. The summed E-state index contributed by atoms with van der Waals surface area (Å²) in [6, 6.07) is 2.94. The summed E-state index contributed by atoms with van der Waals surface area (Å²) < 4.78 is 20.5. The summed E-state index contributed by atoms with van der Waals surface area (Å²) >= 11 is 0. The first-order chi connectivity index (χ1) is 12.4. The number of amides is 2. The fraction of sp³-hybridized carbons (Fsp3) is 0.556. The summed E-state index contributed by atoms with van der Waals surface area (Å²) in [5, 5.41) is 8.73. The first kappa shape index (κ1) is 17.4. The number of nitrogens with zero attached hydrogens (tertiary/aromatic N) is 2. The molecule has 0 saturated carbocycles. The zero-order chi connectivity index (χ0) is 18.5. The SMILES string of the molecule is CC(=O)N1C[C@@]2(CN3CCc4cc(C(=O)NO)cc(F)c4C3)C[C@@H]1CO2. The number of carbonyl (C=O) groups is 2. The van der Waals surface area contributed by atoms with Crippen molar-refractivity contribution in [3.63, 3.8) is 0 Å². The van der Waals surface area contributed by atoms with Gasteiger partial charge in [0.05, 0.1) is 19.2 Å². The van der Waals surface area contributed by atoms with E-state index >= 15 is 0 Å². The predicted molar refractivity (Wildman–Crippen MR) is 89.1 cm³/mol. The Morgan fingerprint density at radius 2 is 2.27 bits per heavy atom. The van der Waals surface area contributed by atoms with Gasteiger partial charge in [-0.25, -0.2) is 9.87 Å². The van der Waals surface area contributed by atoms with Crippen LogP contribution in [-0.2, 0) is 22.5 Å². The van der Waals surface area contributed by atoms with Crippen molar-refractivity contribution < 1.29 is 23.9 Å². The van der Waals surface area contributed by atoms with Gasteiger partial charge in [-0.1, -0.05) is 0 Å². The number of hydrogen-bond donors (Lipinski definition) is 2. The summed E-state index contributed by atoms with van der Waals surface area (Å²) in [7, 11) is 0. The molecule has 2 N–H and O–H groups in total. The summed E-state index contributed by atoms with van der Waals surface area (Å²) in [6.07, 6.45) is 1.45. The number of rotatable bonds is 3. The molecule has 4 rings (SSSR count). The van der Waals surface area contributed by atoms with Crippen molar-refractivity contribution in [1.29, 1.82) is 0 Å². The third-order valence-corrected chi connectivity index (χ3v) is 5.74. The monoisotopic (exact) mass is 363 g/mol. The Labute approximate surface area is 150 Å². The molecule has 140 valence electrons. The standard InChI is InChI=1S/C18H22FN3O4/c1-11(23)22-10-18(6-14(22)8-26-18)9-21-3-2-12-4-13(17(24)20-25)5-16(19)15(12)7-21/h4-5,14,25H,2-3,6-10H2,1H3,(H,20,24)/t14-,18+/m1/s1. The van der Waals surface area contributed by atoms with E-state index in [1.807, 2.05) is 4.90 Å².